The molecule has 0 unspecified atom stereocenters. The highest BCUT2D eigenvalue weighted by atomic mass is 16.1. The number of hydrogen-bond acceptors (Lipinski definition) is 6. The Morgan fingerprint density at radius 1 is 1.21 bits per heavy atom. The molecule has 24 heavy (non-hydrogen) atoms. The first-order chi connectivity index (χ1) is 11.4. The molecule has 0 atom stereocenters. The summed E-state index contributed by atoms with van der Waals surface area (Å²) < 4.78 is 1.67. The maximum Gasteiger partial charge on any atom is 0.251 e. The van der Waals surface area contributed by atoms with Gasteiger partial charge in [-0.3, -0.25) is 10.1 Å². The molecule has 3 rings (SSSR count). The number of aromatic nitrogens is 7. The molecule has 0 bridgehead atoms. The number of carbonyl (C=O) groups excluding carboxylic acids is 1. The van der Waals surface area contributed by atoms with Gasteiger partial charge in [-0.2, -0.15) is 15.2 Å². The van der Waals surface area contributed by atoms with Crippen molar-refractivity contribution in [2.75, 3.05) is 5.32 Å². The zero-order chi connectivity index (χ0) is 17.3. The number of amides is 1. The van der Waals surface area contributed by atoms with E-state index in [1.165, 1.54) is 6.33 Å². The highest BCUT2D eigenvalue weighted by Crippen LogP contribution is 2.17. The quantitative estimate of drug-likeness (QED) is 0.744. The molecule has 0 aliphatic heterocycles. The van der Waals surface area contributed by atoms with Crippen molar-refractivity contribution in [3.8, 4) is 5.95 Å². The van der Waals surface area contributed by atoms with Gasteiger partial charge in [-0.1, -0.05) is 0 Å². The van der Waals surface area contributed by atoms with Crippen LogP contribution in [0.15, 0.2) is 12.4 Å². The molecule has 3 aromatic rings. The van der Waals surface area contributed by atoms with Gasteiger partial charge in [-0.05, 0) is 33.8 Å². The molecule has 2 N–H and O–H groups in total. The number of nitrogens with zero attached hydrogens (tertiary/aromatic N) is 6. The van der Waals surface area contributed by atoms with Crippen LogP contribution >= 0.6 is 0 Å². The van der Waals surface area contributed by atoms with E-state index >= 15 is 0 Å². The van der Waals surface area contributed by atoms with Crippen molar-refractivity contribution in [3.63, 3.8) is 0 Å². The number of aryl methyl sites for hydroxylation is 3. The molecular weight excluding hydrogens is 308 g/mol. The topological polar surface area (TPSA) is 114 Å². The van der Waals surface area contributed by atoms with Crippen LogP contribution in [-0.2, 0) is 11.2 Å². The van der Waals surface area contributed by atoms with Gasteiger partial charge in [0.2, 0.25) is 11.9 Å². The number of aromatic amines is 1. The Morgan fingerprint density at radius 2 is 1.92 bits per heavy atom. The molecule has 0 radical (unpaired) electrons. The molecule has 0 aromatic carbocycles. The Kier molecular flexibility index (Phi) is 4.07. The van der Waals surface area contributed by atoms with E-state index in [-0.39, 0.29) is 12.3 Å². The van der Waals surface area contributed by atoms with Crippen LogP contribution in [0.5, 0.6) is 0 Å². The lowest BCUT2D eigenvalue weighted by atomic mass is 10.1. The van der Waals surface area contributed by atoms with Gasteiger partial charge in [0, 0.05) is 22.6 Å². The number of rotatable bonds is 4. The van der Waals surface area contributed by atoms with E-state index in [1.54, 1.807) is 4.68 Å². The van der Waals surface area contributed by atoms with Crippen LogP contribution in [0.1, 0.15) is 28.3 Å². The summed E-state index contributed by atoms with van der Waals surface area (Å²) in [5.41, 5.74) is 4.19. The van der Waals surface area contributed by atoms with Gasteiger partial charge in [-0.25, -0.2) is 19.7 Å². The molecule has 124 valence electrons. The number of carbonyl (C=O) groups is 1. The van der Waals surface area contributed by atoms with Crippen LogP contribution in [0, 0.1) is 27.7 Å². The lowest BCUT2D eigenvalue weighted by molar-refractivity contribution is -0.115. The Balaban J connectivity index is 1.87. The monoisotopic (exact) mass is 326 g/mol. The molecule has 9 nitrogen and oxygen atoms in total. The highest BCUT2D eigenvalue weighted by molar-refractivity contribution is 5.90. The summed E-state index contributed by atoms with van der Waals surface area (Å²) in [6, 6.07) is 1.90. The van der Waals surface area contributed by atoms with Gasteiger partial charge < -0.3 is 0 Å². The molecule has 0 aliphatic rings. The van der Waals surface area contributed by atoms with E-state index in [0.717, 1.165) is 28.3 Å². The summed E-state index contributed by atoms with van der Waals surface area (Å²) in [7, 11) is 0. The normalized spacial score (nSPS) is 10.8. The lowest BCUT2D eigenvalue weighted by Gasteiger charge is -2.06. The molecule has 0 saturated heterocycles. The third-order valence-electron chi connectivity index (χ3n) is 3.61. The van der Waals surface area contributed by atoms with Crippen molar-refractivity contribution >= 4 is 11.9 Å². The summed E-state index contributed by atoms with van der Waals surface area (Å²) in [5.74, 6) is 0.633. The predicted octanol–water partition coefficient (Wildman–Crippen LogP) is 1.20. The summed E-state index contributed by atoms with van der Waals surface area (Å²) in [6.07, 6.45) is 1.52. The van der Waals surface area contributed by atoms with Crippen LogP contribution in [0.4, 0.5) is 5.95 Å². The van der Waals surface area contributed by atoms with E-state index in [4.69, 9.17) is 0 Å². The van der Waals surface area contributed by atoms with Crippen LogP contribution < -0.4 is 5.32 Å². The molecular formula is C15H18N8O. The fourth-order valence-electron chi connectivity index (χ4n) is 2.53. The second kappa shape index (κ2) is 6.19. The molecule has 0 spiro atoms. The summed E-state index contributed by atoms with van der Waals surface area (Å²) in [5, 5.41) is 13.4. The second-order valence-corrected chi connectivity index (χ2v) is 5.57. The number of anilines is 1. The summed E-state index contributed by atoms with van der Waals surface area (Å²) >= 11 is 0. The fourth-order valence-corrected chi connectivity index (χ4v) is 2.53. The zero-order valence-electron chi connectivity index (χ0n) is 14.0. The van der Waals surface area contributed by atoms with Crippen molar-refractivity contribution in [2.45, 2.75) is 34.1 Å². The molecule has 3 aromatic heterocycles. The Labute approximate surface area is 138 Å². The smallest absolute Gasteiger partial charge is 0.251 e. The summed E-state index contributed by atoms with van der Waals surface area (Å²) in [6.45, 7) is 7.59. The number of hydrogen-bond donors (Lipinski definition) is 2. The summed E-state index contributed by atoms with van der Waals surface area (Å²) in [4.78, 5) is 24.9. The highest BCUT2D eigenvalue weighted by Gasteiger charge is 2.18. The van der Waals surface area contributed by atoms with Crippen LogP contribution in [0.25, 0.3) is 5.95 Å². The van der Waals surface area contributed by atoms with Crippen molar-refractivity contribution in [2.24, 2.45) is 0 Å². The van der Waals surface area contributed by atoms with Crippen molar-refractivity contribution < 1.29 is 4.79 Å². The molecule has 0 aliphatic carbocycles. The standard InChI is InChI=1S/C15H18N8O/c1-8-5-9(2)19-15(18-8)23-11(4)12(10(3)22-23)6-13(24)20-14-16-7-17-21-14/h5,7H,6H2,1-4H3,(H2,16,17,20,21,24). The van der Waals surface area contributed by atoms with Gasteiger partial charge in [0.15, 0.2) is 0 Å². The van der Waals surface area contributed by atoms with Gasteiger partial charge in [0.25, 0.3) is 5.95 Å². The van der Waals surface area contributed by atoms with E-state index < -0.39 is 0 Å². The fraction of sp³-hybridized carbons (Fsp3) is 0.333. The molecule has 1 amide bonds. The average Bonchev–Trinajstić information content (AvgIpc) is 3.09. The third-order valence-corrected chi connectivity index (χ3v) is 3.61. The molecule has 3 heterocycles. The third kappa shape index (κ3) is 3.14. The van der Waals surface area contributed by atoms with Crippen LogP contribution in [0.2, 0.25) is 0 Å². The van der Waals surface area contributed by atoms with E-state index in [2.05, 4.69) is 35.6 Å². The van der Waals surface area contributed by atoms with Gasteiger partial charge in [0.05, 0.1) is 12.1 Å². The Morgan fingerprint density at radius 3 is 2.54 bits per heavy atom. The predicted molar refractivity (Wildman–Crippen MR) is 86.8 cm³/mol. The number of nitrogens with one attached hydrogen (secondary N) is 2. The maximum atomic E-state index is 12.2. The minimum absolute atomic E-state index is 0.184. The molecule has 0 fully saturated rings. The largest absolute Gasteiger partial charge is 0.295 e. The van der Waals surface area contributed by atoms with Crippen molar-refractivity contribution in [1.29, 1.82) is 0 Å². The SMILES string of the molecule is Cc1cc(C)nc(-n2nc(C)c(CC(=O)Nc3ncn[nH]3)c2C)n1. The second-order valence-electron chi connectivity index (χ2n) is 5.57. The van der Waals surface area contributed by atoms with Crippen molar-refractivity contribution in [3.05, 3.63) is 40.7 Å². The van der Waals surface area contributed by atoms with Crippen LogP contribution in [-0.4, -0.2) is 40.8 Å². The average molecular weight is 326 g/mol. The Hall–Kier alpha value is -3.10. The minimum Gasteiger partial charge on any atom is -0.295 e. The van der Waals surface area contributed by atoms with Crippen molar-refractivity contribution in [1.82, 2.24) is 34.9 Å². The van der Waals surface area contributed by atoms with E-state index in [1.807, 2.05) is 33.8 Å². The first kappa shape index (κ1) is 15.8. The lowest BCUT2D eigenvalue weighted by Crippen LogP contribution is -2.16. The van der Waals surface area contributed by atoms with Gasteiger partial charge >= 0.3 is 0 Å². The maximum absolute atomic E-state index is 12.2. The van der Waals surface area contributed by atoms with E-state index in [9.17, 15) is 4.79 Å². The van der Waals surface area contributed by atoms with Gasteiger partial charge in [-0.15, -0.1) is 0 Å². The molecule has 0 saturated carbocycles. The molecule has 9 heteroatoms. The van der Waals surface area contributed by atoms with Crippen LogP contribution in [0.3, 0.4) is 0 Å². The van der Waals surface area contributed by atoms with E-state index in [0.29, 0.717) is 11.9 Å². The first-order valence-corrected chi connectivity index (χ1v) is 7.47. The Bertz CT molecular complexity index is 861. The minimum atomic E-state index is -0.196. The van der Waals surface area contributed by atoms with Gasteiger partial charge in [0.1, 0.15) is 6.33 Å². The number of H-pyrrole nitrogens is 1. The zero-order valence-corrected chi connectivity index (χ0v) is 14.0. The first-order valence-electron chi connectivity index (χ1n) is 7.47.